The smallest absolute Gasteiger partial charge is 0.359 e. The van der Waals surface area contributed by atoms with Crippen LogP contribution in [0.5, 0.6) is 0 Å². The SMILES string of the molecule is Cn1nc(C(=O)OCC23CCCN(CC2)C3)c2ccccc21. The molecule has 0 aliphatic carbocycles. The van der Waals surface area contributed by atoms with E-state index in [1.807, 2.05) is 31.3 Å². The standard InChI is InChI=1S/C17H21N3O2/c1-19-14-6-3-2-5-13(14)15(18-19)16(21)22-12-17-7-4-9-20(11-17)10-8-17/h2-3,5-6H,4,7-12H2,1H3. The van der Waals surface area contributed by atoms with Gasteiger partial charge < -0.3 is 9.64 Å². The Morgan fingerprint density at radius 2 is 2.18 bits per heavy atom. The summed E-state index contributed by atoms with van der Waals surface area (Å²) in [6, 6.07) is 7.77. The summed E-state index contributed by atoms with van der Waals surface area (Å²) >= 11 is 0. The number of fused-ring (bicyclic) bond motifs is 3. The summed E-state index contributed by atoms with van der Waals surface area (Å²) in [5.74, 6) is -0.296. The molecule has 0 saturated carbocycles. The highest BCUT2D eigenvalue weighted by molar-refractivity contribution is 6.02. The first kappa shape index (κ1) is 13.8. The Morgan fingerprint density at radius 1 is 1.32 bits per heavy atom. The van der Waals surface area contributed by atoms with Crippen molar-refractivity contribution in [2.45, 2.75) is 19.3 Å². The minimum absolute atomic E-state index is 0.179. The fourth-order valence-corrected chi connectivity index (χ4v) is 3.94. The molecular weight excluding hydrogens is 278 g/mol. The molecule has 2 aliphatic heterocycles. The van der Waals surface area contributed by atoms with Crippen molar-refractivity contribution in [3.05, 3.63) is 30.0 Å². The molecule has 0 radical (unpaired) electrons. The molecule has 2 bridgehead atoms. The van der Waals surface area contributed by atoms with Gasteiger partial charge in [0.15, 0.2) is 5.69 Å². The molecule has 1 aromatic carbocycles. The zero-order valence-electron chi connectivity index (χ0n) is 12.9. The lowest BCUT2D eigenvalue weighted by molar-refractivity contribution is 0.0219. The van der Waals surface area contributed by atoms with Crippen molar-refractivity contribution in [2.24, 2.45) is 12.5 Å². The van der Waals surface area contributed by atoms with Gasteiger partial charge in [0.25, 0.3) is 0 Å². The van der Waals surface area contributed by atoms with Crippen LogP contribution >= 0.6 is 0 Å². The lowest BCUT2D eigenvalue weighted by atomic mass is 9.82. The summed E-state index contributed by atoms with van der Waals surface area (Å²) < 4.78 is 7.41. The van der Waals surface area contributed by atoms with Crippen LogP contribution < -0.4 is 0 Å². The predicted molar refractivity (Wildman–Crippen MR) is 83.7 cm³/mol. The van der Waals surface area contributed by atoms with Crippen molar-refractivity contribution < 1.29 is 9.53 Å². The maximum absolute atomic E-state index is 12.5. The Kier molecular flexibility index (Phi) is 3.18. The molecule has 2 fully saturated rings. The maximum atomic E-state index is 12.5. The first-order chi connectivity index (χ1) is 10.7. The highest BCUT2D eigenvalue weighted by atomic mass is 16.5. The third-order valence-corrected chi connectivity index (χ3v) is 5.16. The van der Waals surface area contributed by atoms with Gasteiger partial charge in [-0.3, -0.25) is 4.68 Å². The van der Waals surface area contributed by atoms with E-state index in [0.717, 1.165) is 30.4 Å². The van der Waals surface area contributed by atoms with Gasteiger partial charge in [-0.15, -0.1) is 0 Å². The van der Waals surface area contributed by atoms with Crippen LogP contribution in [-0.2, 0) is 11.8 Å². The number of nitrogens with zero attached hydrogens (tertiary/aromatic N) is 3. The van der Waals surface area contributed by atoms with Crippen molar-refractivity contribution >= 4 is 16.9 Å². The summed E-state index contributed by atoms with van der Waals surface area (Å²) in [5, 5.41) is 5.21. The lowest BCUT2D eigenvalue weighted by Gasteiger charge is -2.33. The van der Waals surface area contributed by atoms with Crippen molar-refractivity contribution in [3.63, 3.8) is 0 Å². The molecule has 5 heteroatoms. The van der Waals surface area contributed by atoms with Crippen LogP contribution in [0, 0.1) is 5.41 Å². The topological polar surface area (TPSA) is 47.4 Å². The number of aryl methyl sites for hydroxylation is 1. The predicted octanol–water partition coefficient (Wildman–Crippen LogP) is 2.22. The fraction of sp³-hybridized carbons (Fsp3) is 0.529. The molecule has 0 spiro atoms. The third kappa shape index (κ3) is 2.20. The van der Waals surface area contributed by atoms with E-state index in [-0.39, 0.29) is 11.4 Å². The van der Waals surface area contributed by atoms with Crippen LogP contribution in [-0.4, -0.2) is 46.9 Å². The number of esters is 1. The first-order valence-corrected chi connectivity index (χ1v) is 7.98. The maximum Gasteiger partial charge on any atom is 0.359 e. The molecule has 2 atom stereocenters. The van der Waals surface area contributed by atoms with Gasteiger partial charge in [0.1, 0.15) is 0 Å². The molecule has 22 heavy (non-hydrogen) atoms. The normalized spacial score (nSPS) is 27.2. The van der Waals surface area contributed by atoms with Crippen molar-refractivity contribution in [2.75, 3.05) is 26.2 Å². The van der Waals surface area contributed by atoms with Crippen LogP contribution in [0.4, 0.5) is 0 Å². The molecule has 116 valence electrons. The first-order valence-electron chi connectivity index (χ1n) is 7.98. The van der Waals surface area contributed by atoms with Gasteiger partial charge in [-0.2, -0.15) is 5.10 Å². The average Bonchev–Trinajstić information content (AvgIpc) is 3.03. The van der Waals surface area contributed by atoms with E-state index >= 15 is 0 Å². The molecule has 2 aliphatic rings. The van der Waals surface area contributed by atoms with Gasteiger partial charge in [-0.05, 0) is 38.4 Å². The van der Waals surface area contributed by atoms with E-state index in [1.165, 1.54) is 19.4 Å². The zero-order valence-corrected chi connectivity index (χ0v) is 12.9. The average molecular weight is 299 g/mol. The van der Waals surface area contributed by atoms with Crippen LogP contribution in [0.1, 0.15) is 29.8 Å². The number of benzene rings is 1. The van der Waals surface area contributed by atoms with Gasteiger partial charge in [0.05, 0.1) is 12.1 Å². The number of hydrogen-bond acceptors (Lipinski definition) is 4. The van der Waals surface area contributed by atoms with Crippen LogP contribution in [0.15, 0.2) is 24.3 Å². The monoisotopic (exact) mass is 299 g/mol. The quantitative estimate of drug-likeness (QED) is 0.815. The van der Waals surface area contributed by atoms with Gasteiger partial charge in [0.2, 0.25) is 0 Å². The number of hydrogen-bond donors (Lipinski definition) is 0. The van der Waals surface area contributed by atoms with Crippen LogP contribution in [0.2, 0.25) is 0 Å². The largest absolute Gasteiger partial charge is 0.460 e. The zero-order chi connectivity index (χ0) is 15.2. The molecule has 2 saturated heterocycles. The summed E-state index contributed by atoms with van der Waals surface area (Å²) in [6.07, 6.45) is 3.52. The fourth-order valence-electron chi connectivity index (χ4n) is 3.94. The molecule has 0 N–H and O–H groups in total. The summed E-state index contributed by atoms with van der Waals surface area (Å²) in [4.78, 5) is 15.0. The third-order valence-electron chi connectivity index (χ3n) is 5.16. The summed E-state index contributed by atoms with van der Waals surface area (Å²) in [7, 11) is 1.85. The minimum Gasteiger partial charge on any atom is -0.460 e. The molecule has 4 rings (SSSR count). The number of para-hydroxylation sites is 1. The van der Waals surface area contributed by atoms with E-state index < -0.39 is 0 Å². The van der Waals surface area contributed by atoms with Gasteiger partial charge in [-0.25, -0.2) is 4.79 Å². The van der Waals surface area contributed by atoms with Gasteiger partial charge in [0, 0.05) is 24.4 Å². The van der Waals surface area contributed by atoms with E-state index in [2.05, 4.69) is 10.00 Å². The number of aromatic nitrogens is 2. The minimum atomic E-state index is -0.296. The van der Waals surface area contributed by atoms with Gasteiger partial charge in [-0.1, -0.05) is 18.2 Å². The van der Waals surface area contributed by atoms with E-state index in [4.69, 9.17) is 4.74 Å². The number of rotatable bonds is 3. The van der Waals surface area contributed by atoms with Crippen LogP contribution in [0.25, 0.3) is 10.9 Å². The second-order valence-corrected chi connectivity index (χ2v) is 6.70. The lowest BCUT2D eigenvalue weighted by Crippen LogP contribution is -2.37. The summed E-state index contributed by atoms with van der Waals surface area (Å²) in [5.41, 5.74) is 1.57. The van der Waals surface area contributed by atoms with E-state index in [0.29, 0.717) is 12.3 Å². The van der Waals surface area contributed by atoms with Crippen molar-refractivity contribution in [1.82, 2.24) is 14.7 Å². The Balaban J connectivity index is 1.52. The number of carbonyl (C=O) groups is 1. The molecule has 1 aromatic heterocycles. The number of carbonyl (C=O) groups excluding carboxylic acids is 1. The van der Waals surface area contributed by atoms with E-state index in [1.54, 1.807) is 4.68 Å². The highest BCUT2D eigenvalue weighted by Gasteiger charge is 2.42. The molecular formula is C17H21N3O2. The second kappa shape index (κ2) is 5.09. The Morgan fingerprint density at radius 3 is 3.09 bits per heavy atom. The molecule has 5 nitrogen and oxygen atoms in total. The molecule has 2 unspecified atom stereocenters. The molecule has 3 heterocycles. The van der Waals surface area contributed by atoms with Crippen LogP contribution in [0.3, 0.4) is 0 Å². The van der Waals surface area contributed by atoms with E-state index in [9.17, 15) is 4.79 Å². The highest BCUT2D eigenvalue weighted by Crippen LogP contribution is 2.39. The van der Waals surface area contributed by atoms with Gasteiger partial charge >= 0.3 is 5.97 Å². The van der Waals surface area contributed by atoms with Crippen molar-refractivity contribution in [1.29, 1.82) is 0 Å². The molecule has 2 aromatic rings. The molecule has 0 amide bonds. The number of piperidine rings is 1. The number of ether oxygens (including phenoxy) is 1. The Bertz CT molecular complexity index is 720. The summed E-state index contributed by atoms with van der Waals surface area (Å²) in [6.45, 7) is 3.93. The second-order valence-electron chi connectivity index (χ2n) is 6.70. The Labute approximate surface area is 129 Å². The Hall–Kier alpha value is -1.88. The van der Waals surface area contributed by atoms with Crippen molar-refractivity contribution in [3.8, 4) is 0 Å².